The first kappa shape index (κ1) is 14.6. The van der Waals surface area contributed by atoms with Crippen LogP contribution in [0.4, 0.5) is 11.8 Å². The summed E-state index contributed by atoms with van der Waals surface area (Å²) in [7, 11) is 1.85. The summed E-state index contributed by atoms with van der Waals surface area (Å²) in [6.45, 7) is 10.1. The van der Waals surface area contributed by atoms with Crippen molar-refractivity contribution in [2.45, 2.75) is 33.2 Å². The van der Waals surface area contributed by atoms with E-state index in [9.17, 15) is 4.79 Å². The number of hydrogen-bond donors (Lipinski definition) is 1. The maximum Gasteiger partial charge on any atom is 0.247 e. The third-order valence-corrected chi connectivity index (χ3v) is 3.74. The number of likely N-dealkylation sites (N-methyl/N-ethyl adjacent to an activating group) is 1. The number of nitrogens with one attached hydrogen (secondary N) is 1. The third-order valence-electron chi connectivity index (χ3n) is 3.74. The highest BCUT2D eigenvalue weighted by Gasteiger charge is 2.41. The lowest BCUT2D eigenvalue weighted by Gasteiger charge is -2.45. The molecule has 0 aromatic carbocycles. The van der Waals surface area contributed by atoms with Crippen molar-refractivity contribution in [2.24, 2.45) is 0 Å². The molecule has 0 radical (unpaired) electrons. The second-order valence-electron chi connectivity index (χ2n) is 5.67. The Labute approximate surface area is 120 Å². The van der Waals surface area contributed by atoms with Crippen LogP contribution in [0.15, 0.2) is 6.20 Å². The van der Waals surface area contributed by atoms with Gasteiger partial charge in [-0.1, -0.05) is 0 Å². The van der Waals surface area contributed by atoms with Gasteiger partial charge < -0.3 is 15.1 Å². The van der Waals surface area contributed by atoms with Crippen molar-refractivity contribution in [3.63, 3.8) is 0 Å². The van der Waals surface area contributed by atoms with Gasteiger partial charge in [0.2, 0.25) is 11.9 Å². The molecule has 1 fully saturated rings. The van der Waals surface area contributed by atoms with E-state index in [4.69, 9.17) is 0 Å². The molecule has 0 bridgehead atoms. The Kier molecular flexibility index (Phi) is 3.83. The number of aryl methyl sites for hydroxylation is 1. The highest BCUT2D eigenvalue weighted by Crippen LogP contribution is 2.29. The van der Waals surface area contributed by atoms with Crippen molar-refractivity contribution in [1.29, 1.82) is 0 Å². The lowest BCUT2D eigenvalue weighted by molar-refractivity contribution is -0.136. The van der Waals surface area contributed by atoms with E-state index in [0.29, 0.717) is 12.5 Å². The Morgan fingerprint density at radius 2 is 2.10 bits per heavy atom. The van der Waals surface area contributed by atoms with E-state index in [2.05, 4.69) is 20.2 Å². The van der Waals surface area contributed by atoms with E-state index in [-0.39, 0.29) is 5.91 Å². The number of hydrogen-bond acceptors (Lipinski definition) is 5. The van der Waals surface area contributed by atoms with E-state index >= 15 is 0 Å². The molecule has 1 N–H and O–H groups in total. The summed E-state index contributed by atoms with van der Waals surface area (Å²) in [6, 6.07) is 0. The quantitative estimate of drug-likeness (QED) is 0.901. The number of carbonyl (C=O) groups is 1. The van der Waals surface area contributed by atoms with Gasteiger partial charge in [-0.2, -0.15) is 4.98 Å². The first-order chi connectivity index (χ1) is 9.37. The Morgan fingerprint density at radius 1 is 1.40 bits per heavy atom. The minimum Gasteiger partial charge on any atom is -0.354 e. The minimum absolute atomic E-state index is 0.117. The first-order valence-corrected chi connectivity index (χ1v) is 6.98. The molecule has 1 aliphatic heterocycles. The molecule has 1 saturated heterocycles. The van der Waals surface area contributed by atoms with Gasteiger partial charge in [-0.05, 0) is 27.7 Å². The molecule has 2 rings (SSSR count). The summed E-state index contributed by atoms with van der Waals surface area (Å²) >= 11 is 0. The van der Waals surface area contributed by atoms with Crippen LogP contribution < -0.4 is 10.2 Å². The molecule has 0 unspecified atom stereocenters. The zero-order valence-corrected chi connectivity index (χ0v) is 12.9. The van der Waals surface area contributed by atoms with Crippen molar-refractivity contribution in [1.82, 2.24) is 14.9 Å². The van der Waals surface area contributed by atoms with E-state index < -0.39 is 5.54 Å². The number of amides is 1. The standard InChI is InChI=1S/C14H23N5O/c1-6-15-13-16-9-10(2)11(17-13)19-8-7-18(5)12(20)14(19,3)4/h9H,6-8H2,1-5H3,(H,15,16,17). The monoisotopic (exact) mass is 277 g/mol. The summed E-state index contributed by atoms with van der Waals surface area (Å²) in [6.07, 6.45) is 1.80. The van der Waals surface area contributed by atoms with Crippen LogP contribution >= 0.6 is 0 Å². The molecule has 6 heteroatoms. The highest BCUT2D eigenvalue weighted by atomic mass is 16.2. The van der Waals surface area contributed by atoms with Gasteiger partial charge in [0.15, 0.2) is 0 Å². The molecule has 1 aliphatic rings. The van der Waals surface area contributed by atoms with Gasteiger partial charge in [0.05, 0.1) is 0 Å². The van der Waals surface area contributed by atoms with Gasteiger partial charge >= 0.3 is 0 Å². The Bertz CT molecular complexity index is 514. The van der Waals surface area contributed by atoms with Crippen molar-refractivity contribution < 1.29 is 4.79 Å². The lowest BCUT2D eigenvalue weighted by Crippen LogP contribution is -2.62. The third kappa shape index (κ3) is 2.42. The fraction of sp³-hybridized carbons (Fsp3) is 0.643. The number of anilines is 2. The Morgan fingerprint density at radius 3 is 2.75 bits per heavy atom. The lowest BCUT2D eigenvalue weighted by atomic mass is 9.97. The fourth-order valence-electron chi connectivity index (χ4n) is 2.53. The van der Waals surface area contributed by atoms with Crippen LogP contribution in [-0.4, -0.2) is 53.0 Å². The predicted octanol–water partition coefficient (Wildman–Crippen LogP) is 1.27. The molecule has 1 aromatic rings. The molecule has 20 heavy (non-hydrogen) atoms. The van der Waals surface area contributed by atoms with Crippen LogP contribution in [0.2, 0.25) is 0 Å². The van der Waals surface area contributed by atoms with Crippen LogP contribution in [0.3, 0.4) is 0 Å². The number of piperazine rings is 1. The molecule has 0 spiro atoms. The highest BCUT2D eigenvalue weighted by molar-refractivity contribution is 5.90. The van der Waals surface area contributed by atoms with Gasteiger partial charge in [-0.3, -0.25) is 4.79 Å². The van der Waals surface area contributed by atoms with E-state index in [1.807, 2.05) is 34.7 Å². The van der Waals surface area contributed by atoms with Crippen LogP contribution in [0.1, 0.15) is 26.3 Å². The molecule has 0 saturated carbocycles. The molecule has 0 atom stereocenters. The van der Waals surface area contributed by atoms with Crippen molar-refractivity contribution >= 4 is 17.7 Å². The average molecular weight is 277 g/mol. The van der Waals surface area contributed by atoms with Crippen molar-refractivity contribution in [3.05, 3.63) is 11.8 Å². The van der Waals surface area contributed by atoms with Crippen LogP contribution in [0.5, 0.6) is 0 Å². The largest absolute Gasteiger partial charge is 0.354 e. The van der Waals surface area contributed by atoms with Gasteiger partial charge in [-0.25, -0.2) is 4.98 Å². The summed E-state index contributed by atoms with van der Waals surface area (Å²) in [5, 5.41) is 3.12. The van der Waals surface area contributed by atoms with Gasteiger partial charge in [-0.15, -0.1) is 0 Å². The molecule has 1 amide bonds. The average Bonchev–Trinajstić information content (AvgIpc) is 2.39. The molecule has 110 valence electrons. The number of rotatable bonds is 3. The Balaban J connectivity index is 2.39. The maximum absolute atomic E-state index is 12.4. The fourth-order valence-corrected chi connectivity index (χ4v) is 2.53. The van der Waals surface area contributed by atoms with Gasteiger partial charge in [0.25, 0.3) is 0 Å². The minimum atomic E-state index is -0.588. The van der Waals surface area contributed by atoms with Crippen LogP contribution in [-0.2, 0) is 4.79 Å². The molecule has 1 aromatic heterocycles. The number of nitrogens with zero attached hydrogens (tertiary/aromatic N) is 4. The van der Waals surface area contributed by atoms with E-state index in [1.165, 1.54) is 0 Å². The zero-order valence-electron chi connectivity index (χ0n) is 12.9. The van der Waals surface area contributed by atoms with Crippen molar-refractivity contribution in [2.75, 3.05) is 36.9 Å². The molecule has 6 nitrogen and oxygen atoms in total. The summed E-state index contributed by atoms with van der Waals surface area (Å²) in [5.41, 5.74) is 0.396. The smallest absolute Gasteiger partial charge is 0.247 e. The zero-order chi connectivity index (χ0) is 14.9. The summed E-state index contributed by atoms with van der Waals surface area (Å²) < 4.78 is 0. The Hall–Kier alpha value is -1.85. The number of aromatic nitrogens is 2. The first-order valence-electron chi connectivity index (χ1n) is 6.98. The van der Waals surface area contributed by atoms with Gasteiger partial charge in [0, 0.05) is 38.4 Å². The topological polar surface area (TPSA) is 61.4 Å². The second kappa shape index (κ2) is 5.26. The molecular weight excluding hydrogens is 254 g/mol. The SMILES string of the molecule is CCNc1ncc(C)c(N2CCN(C)C(=O)C2(C)C)n1. The normalized spacial score (nSPS) is 18.4. The van der Waals surface area contributed by atoms with Gasteiger partial charge in [0.1, 0.15) is 11.4 Å². The summed E-state index contributed by atoms with van der Waals surface area (Å²) in [4.78, 5) is 25.1. The van der Waals surface area contributed by atoms with E-state index in [0.717, 1.165) is 24.5 Å². The predicted molar refractivity (Wildman–Crippen MR) is 80.0 cm³/mol. The second-order valence-corrected chi connectivity index (χ2v) is 5.67. The van der Waals surface area contributed by atoms with E-state index in [1.54, 1.807) is 11.1 Å². The molecule has 0 aliphatic carbocycles. The maximum atomic E-state index is 12.4. The number of carbonyl (C=O) groups excluding carboxylic acids is 1. The van der Waals surface area contributed by atoms with Crippen LogP contribution in [0, 0.1) is 6.92 Å². The van der Waals surface area contributed by atoms with Crippen molar-refractivity contribution in [3.8, 4) is 0 Å². The summed E-state index contributed by atoms with van der Waals surface area (Å²) in [5.74, 6) is 1.56. The molecular formula is C14H23N5O. The molecule has 2 heterocycles. The van der Waals surface area contributed by atoms with Crippen LogP contribution in [0.25, 0.3) is 0 Å².